The van der Waals surface area contributed by atoms with E-state index in [1.54, 1.807) is 6.20 Å². The highest BCUT2D eigenvalue weighted by atomic mass is 16.5. The Morgan fingerprint density at radius 2 is 2.54 bits per heavy atom. The molecule has 13 heavy (non-hydrogen) atoms. The van der Waals surface area contributed by atoms with Crippen LogP contribution in [-0.4, -0.2) is 16.2 Å². The lowest BCUT2D eigenvalue weighted by molar-refractivity contribution is 0.222. The van der Waals surface area contributed by atoms with Gasteiger partial charge in [0.25, 0.3) is 0 Å². The zero-order chi connectivity index (χ0) is 9.26. The van der Waals surface area contributed by atoms with Crippen LogP contribution in [0.25, 0.3) is 0 Å². The van der Waals surface area contributed by atoms with Gasteiger partial charge in [-0.2, -0.15) is 0 Å². The molecule has 1 atom stereocenters. The Balaban J connectivity index is 2.21. The average Bonchev–Trinajstić information content (AvgIpc) is 2.72. The normalized spacial score (nSPS) is 18.2. The van der Waals surface area contributed by atoms with E-state index in [-0.39, 0.29) is 6.04 Å². The van der Waals surface area contributed by atoms with Gasteiger partial charge in [0.2, 0.25) is 0 Å². The Labute approximate surface area is 77.0 Å². The van der Waals surface area contributed by atoms with Gasteiger partial charge in [-0.05, 0) is 6.08 Å². The highest BCUT2D eigenvalue weighted by molar-refractivity contribution is 5.14. The third-order valence-electron chi connectivity index (χ3n) is 2.18. The molecule has 0 fully saturated rings. The van der Waals surface area contributed by atoms with Crippen LogP contribution in [0.4, 0.5) is 0 Å². The highest BCUT2D eigenvalue weighted by Crippen LogP contribution is 2.22. The molecule has 0 radical (unpaired) electrons. The van der Waals surface area contributed by atoms with Crippen LogP contribution in [0.5, 0.6) is 0 Å². The number of aryl methyl sites for hydroxylation is 1. The Morgan fingerprint density at radius 1 is 1.69 bits per heavy atom. The summed E-state index contributed by atoms with van der Waals surface area (Å²) in [6, 6.07) is -0.220. The number of rotatable bonds is 2. The zero-order valence-electron chi connectivity index (χ0n) is 7.60. The first-order valence-corrected chi connectivity index (χ1v) is 4.34. The van der Waals surface area contributed by atoms with E-state index < -0.39 is 0 Å². The number of aromatic nitrogens is 2. The molecular weight excluding hydrogens is 166 g/mol. The Kier molecular flexibility index (Phi) is 2.06. The second kappa shape index (κ2) is 3.22. The molecule has 0 amide bonds. The third kappa shape index (κ3) is 1.45. The van der Waals surface area contributed by atoms with Gasteiger partial charge in [0.15, 0.2) is 0 Å². The summed E-state index contributed by atoms with van der Waals surface area (Å²) in [5.74, 6) is 1.68. The van der Waals surface area contributed by atoms with Crippen molar-refractivity contribution in [1.82, 2.24) is 9.55 Å². The predicted octanol–water partition coefficient (Wildman–Crippen LogP) is 0.724. The minimum absolute atomic E-state index is 0.220. The number of hydrogen-bond acceptors (Lipinski definition) is 3. The van der Waals surface area contributed by atoms with Crippen molar-refractivity contribution in [2.45, 2.75) is 12.5 Å². The Hall–Kier alpha value is -1.29. The van der Waals surface area contributed by atoms with E-state index >= 15 is 0 Å². The van der Waals surface area contributed by atoms with Crippen LogP contribution in [0.1, 0.15) is 18.3 Å². The van der Waals surface area contributed by atoms with Crippen LogP contribution >= 0.6 is 0 Å². The van der Waals surface area contributed by atoms with Gasteiger partial charge in [-0.3, -0.25) is 0 Å². The molecule has 0 bridgehead atoms. The summed E-state index contributed by atoms with van der Waals surface area (Å²) < 4.78 is 7.29. The molecule has 0 saturated carbocycles. The Morgan fingerprint density at radius 3 is 3.08 bits per heavy atom. The van der Waals surface area contributed by atoms with Crippen LogP contribution in [0.15, 0.2) is 24.2 Å². The van der Waals surface area contributed by atoms with E-state index in [0.717, 1.165) is 24.6 Å². The smallest absolute Gasteiger partial charge is 0.133 e. The van der Waals surface area contributed by atoms with Crippen molar-refractivity contribution in [3.05, 3.63) is 30.1 Å². The number of hydrogen-bond donors (Lipinski definition) is 1. The summed E-state index contributed by atoms with van der Waals surface area (Å²) in [4.78, 5) is 4.18. The van der Waals surface area contributed by atoms with Crippen molar-refractivity contribution < 1.29 is 4.74 Å². The topological polar surface area (TPSA) is 53.1 Å². The molecular formula is C9H13N3O. The summed E-state index contributed by atoms with van der Waals surface area (Å²) in [7, 11) is 1.93. The quantitative estimate of drug-likeness (QED) is 0.728. The van der Waals surface area contributed by atoms with Gasteiger partial charge in [-0.15, -0.1) is 0 Å². The van der Waals surface area contributed by atoms with E-state index in [9.17, 15) is 0 Å². The Bertz CT molecular complexity index is 329. The fraction of sp³-hybridized carbons (Fsp3) is 0.444. The van der Waals surface area contributed by atoms with Crippen molar-refractivity contribution in [3.63, 3.8) is 0 Å². The van der Waals surface area contributed by atoms with Gasteiger partial charge >= 0.3 is 0 Å². The molecule has 4 heteroatoms. The predicted molar refractivity (Wildman–Crippen MR) is 48.8 cm³/mol. The molecule has 1 aliphatic rings. The van der Waals surface area contributed by atoms with Gasteiger partial charge in [-0.25, -0.2) is 4.98 Å². The third-order valence-corrected chi connectivity index (χ3v) is 2.18. The SMILES string of the molecule is Cn1ccnc1C(N)C1=CCCO1. The van der Waals surface area contributed by atoms with Crippen LogP contribution in [0.2, 0.25) is 0 Å². The first-order chi connectivity index (χ1) is 6.29. The summed E-state index contributed by atoms with van der Waals surface area (Å²) >= 11 is 0. The van der Waals surface area contributed by atoms with Crippen LogP contribution in [0, 0.1) is 0 Å². The molecule has 4 nitrogen and oxygen atoms in total. The number of nitrogens with zero attached hydrogens (tertiary/aromatic N) is 2. The first kappa shape index (κ1) is 8.31. The molecule has 2 rings (SSSR count). The molecule has 0 aromatic carbocycles. The van der Waals surface area contributed by atoms with Crippen molar-refractivity contribution in [1.29, 1.82) is 0 Å². The molecule has 1 aliphatic heterocycles. The lowest BCUT2D eigenvalue weighted by Crippen LogP contribution is -2.17. The lowest BCUT2D eigenvalue weighted by Gasteiger charge is -2.12. The number of imidazole rings is 1. The fourth-order valence-electron chi connectivity index (χ4n) is 1.46. The molecule has 0 aliphatic carbocycles. The maximum Gasteiger partial charge on any atom is 0.133 e. The summed E-state index contributed by atoms with van der Waals surface area (Å²) in [6.45, 7) is 0.744. The maximum absolute atomic E-state index is 5.97. The lowest BCUT2D eigenvalue weighted by atomic mass is 10.2. The van der Waals surface area contributed by atoms with Crippen LogP contribution in [-0.2, 0) is 11.8 Å². The summed E-state index contributed by atoms with van der Waals surface area (Å²) in [5.41, 5.74) is 5.97. The molecule has 1 unspecified atom stereocenters. The highest BCUT2D eigenvalue weighted by Gasteiger charge is 2.19. The van der Waals surface area contributed by atoms with Crippen molar-refractivity contribution in [2.24, 2.45) is 12.8 Å². The fourth-order valence-corrected chi connectivity index (χ4v) is 1.46. The minimum atomic E-state index is -0.220. The van der Waals surface area contributed by atoms with E-state index in [1.165, 1.54) is 0 Å². The van der Waals surface area contributed by atoms with Crippen molar-refractivity contribution in [3.8, 4) is 0 Å². The van der Waals surface area contributed by atoms with Gasteiger partial charge in [0, 0.05) is 25.9 Å². The summed E-state index contributed by atoms with van der Waals surface area (Å²) in [6.07, 6.45) is 6.60. The monoisotopic (exact) mass is 179 g/mol. The van der Waals surface area contributed by atoms with Crippen LogP contribution < -0.4 is 5.73 Å². The minimum Gasteiger partial charge on any atom is -0.496 e. The number of nitrogens with two attached hydrogens (primary N) is 1. The second-order valence-corrected chi connectivity index (χ2v) is 3.12. The largest absolute Gasteiger partial charge is 0.496 e. The molecule has 70 valence electrons. The summed E-state index contributed by atoms with van der Waals surface area (Å²) in [5, 5.41) is 0. The van der Waals surface area contributed by atoms with Crippen molar-refractivity contribution in [2.75, 3.05) is 6.61 Å². The molecule has 1 aromatic rings. The second-order valence-electron chi connectivity index (χ2n) is 3.12. The van der Waals surface area contributed by atoms with Gasteiger partial charge < -0.3 is 15.0 Å². The molecule has 2 N–H and O–H groups in total. The zero-order valence-corrected chi connectivity index (χ0v) is 7.60. The standard InChI is InChI=1S/C9H13N3O/c1-12-5-4-11-9(12)8(10)7-3-2-6-13-7/h3-5,8H,2,6,10H2,1H3. The first-order valence-electron chi connectivity index (χ1n) is 4.34. The van der Waals surface area contributed by atoms with Crippen LogP contribution in [0.3, 0.4) is 0 Å². The van der Waals surface area contributed by atoms with Gasteiger partial charge in [0.05, 0.1) is 6.61 Å². The molecule has 2 heterocycles. The number of ether oxygens (including phenoxy) is 1. The van der Waals surface area contributed by atoms with E-state index in [0.29, 0.717) is 0 Å². The van der Waals surface area contributed by atoms with Gasteiger partial charge in [-0.1, -0.05) is 0 Å². The van der Waals surface area contributed by atoms with E-state index in [4.69, 9.17) is 10.5 Å². The van der Waals surface area contributed by atoms with Gasteiger partial charge in [0.1, 0.15) is 17.6 Å². The molecule has 0 saturated heterocycles. The maximum atomic E-state index is 5.97. The average molecular weight is 179 g/mol. The molecule has 0 spiro atoms. The van der Waals surface area contributed by atoms with E-state index in [2.05, 4.69) is 4.98 Å². The van der Waals surface area contributed by atoms with Crippen molar-refractivity contribution >= 4 is 0 Å². The van der Waals surface area contributed by atoms with E-state index in [1.807, 2.05) is 23.9 Å². The molecule has 1 aromatic heterocycles.